The third kappa shape index (κ3) is 7.65. The Hall–Kier alpha value is -0.980. The summed E-state index contributed by atoms with van der Waals surface area (Å²) in [4.78, 5) is 6.48. The maximum absolute atomic E-state index is 13.3. The maximum atomic E-state index is 13.3. The van der Waals surface area contributed by atoms with E-state index in [4.69, 9.17) is 4.74 Å². The molecule has 1 heterocycles. The molecule has 29 heavy (non-hydrogen) atoms. The lowest BCUT2D eigenvalue weighted by atomic mass is 10.0. The molecule has 0 bridgehead atoms. The van der Waals surface area contributed by atoms with Crippen LogP contribution in [0.25, 0.3) is 0 Å². The Kier molecular flexibility index (Phi) is 10.3. The molecule has 1 unspecified atom stereocenters. The highest BCUT2D eigenvalue weighted by molar-refractivity contribution is 14.0. The quantitative estimate of drug-likeness (QED) is 0.311. The first-order valence-corrected chi connectivity index (χ1v) is 11.2. The minimum absolute atomic E-state index is 0. The van der Waals surface area contributed by atoms with E-state index in [0.29, 0.717) is 25.7 Å². The van der Waals surface area contributed by atoms with Crippen molar-refractivity contribution in [2.75, 3.05) is 52.7 Å². The number of guanidine groups is 1. The Labute approximate surface area is 190 Å². The summed E-state index contributed by atoms with van der Waals surface area (Å²) in [6.45, 7) is 7.04. The minimum Gasteiger partial charge on any atom is -0.379 e. The Balaban J connectivity index is 0.00000420. The van der Waals surface area contributed by atoms with Crippen molar-refractivity contribution in [3.8, 4) is 0 Å². The van der Waals surface area contributed by atoms with E-state index in [2.05, 4.69) is 20.5 Å². The standard InChI is InChI=1S/C19H31FN4O3S.HI/c1-19(2,28(4,25)26)14-23-18(21-3)22-13-17(24-9-11-27-12-10-24)15-5-7-16(20)8-6-15;/h5-8,17H,9-14H2,1-4H3,(H2,21,22,23);1H. The van der Waals surface area contributed by atoms with Crippen molar-refractivity contribution in [2.45, 2.75) is 24.6 Å². The van der Waals surface area contributed by atoms with Crippen LogP contribution >= 0.6 is 24.0 Å². The highest BCUT2D eigenvalue weighted by Crippen LogP contribution is 2.21. The van der Waals surface area contributed by atoms with Gasteiger partial charge >= 0.3 is 0 Å². The van der Waals surface area contributed by atoms with Gasteiger partial charge in [-0.1, -0.05) is 12.1 Å². The summed E-state index contributed by atoms with van der Waals surface area (Å²) in [7, 11) is -1.56. The largest absolute Gasteiger partial charge is 0.379 e. The lowest BCUT2D eigenvalue weighted by Crippen LogP contribution is -2.50. The molecule has 0 radical (unpaired) electrons. The van der Waals surface area contributed by atoms with E-state index >= 15 is 0 Å². The molecule has 10 heteroatoms. The second kappa shape index (κ2) is 11.4. The number of hydrogen-bond donors (Lipinski definition) is 2. The molecule has 1 atom stereocenters. The van der Waals surface area contributed by atoms with Crippen LogP contribution in [0.3, 0.4) is 0 Å². The van der Waals surface area contributed by atoms with Gasteiger partial charge in [0.25, 0.3) is 0 Å². The van der Waals surface area contributed by atoms with Crippen molar-refractivity contribution in [1.29, 1.82) is 0 Å². The number of ether oxygens (including phenoxy) is 1. The first-order chi connectivity index (χ1) is 13.1. The van der Waals surface area contributed by atoms with Crippen LogP contribution in [0.4, 0.5) is 4.39 Å². The SMILES string of the molecule is CN=C(NCC(c1ccc(F)cc1)N1CCOCC1)NCC(C)(C)S(C)(=O)=O.I. The summed E-state index contributed by atoms with van der Waals surface area (Å²) in [6, 6.07) is 6.53. The Morgan fingerprint density at radius 3 is 2.34 bits per heavy atom. The van der Waals surface area contributed by atoms with Gasteiger partial charge in [-0.3, -0.25) is 9.89 Å². The van der Waals surface area contributed by atoms with Crippen LogP contribution in [0.1, 0.15) is 25.5 Å². The number of nitrogens with one attached hydrogen (secondary N) is 2. The zero-order valence-electron chi connectivity index (χ0n) is 17.4. The predicted molar refractivity (Wildman–Crippen MR) is 125 cm³/mol. The normalized spacial score (nSPS) is 17.3. The second-order valence-corrected chi connectivity index (χ2v) is 10.2. The molecule has 0 spiro atoms. The average molecular weight is 542 g/mol. The molecule has 2 N–H and O–H groups in total. The summed E-state index contributed by atoms with van der Waals surface area (Å²) in [5.74, 6) is 0.259. The number of aliphatic imine (C=N–C) groups is 1. The third-order valence-electron chi connectivity index (χ3n) is 5.11. The van der Waals surface area contributed by atoms with E-state index in [1.807, 2.05) is 0 Å². The summed E-state index contributed by atoms with van der Waals surface area (Å²) in [5.41, 5.74) is 1.00. The van der Waals surface area contributed by atoms with Crippen LogP contribution in [0.5, 0.6) is 0 Å². The number of halogens is 2. The van der Waals surface area contributed by atoms with Crippen LogP contribution in [0, 0.1) is 5.82 Å². The summed E-state index contributed by atoms with van der Waals surface area (Å²) >= 11 is 0. The lowest BCUT2D eigenvalue weighted by molar-refractivity contribution is 0.0170. The van der Waals surface area contributed by atoms with Crippen molar-refractivity contribution >= 4 is 39.8 Å². The first-order valence-electron chi connectivity index (χ1n) is 9.35. The van der Waals surface area contributed by atoms with Crippen molar-refractivity contribution in [1.82, 2.24) is 15.5 Å². The van der Waals surface area contributed by atoms with E-state index < -0.39 is 14.6 Å². The summed E-state index contributed by atoms with van der Waals surface area (Å²) in [6.07, 6.45) is 1.23. The van der Waals surface area contributed by atoms with Crippen LogP contribution in [-0.4, -0.2) is 76.7 Å². The molecule has 0 aromatic heterocycles. The van der Waals surface area contributed by atoms with Gasteiger partial charge in [0.2, 0.25) is 0 Å². The zero-order valence-corrected chi connectivity index (χ0v) is 20.6. The minimum atomic E-state index is -3.20. The molecule has 166 valence electrons. The fourth-order valence-corrected chi connectivity index (χ4v) is 3.21. The monoisotopic (exact) mass is 542 g/mol. The Morgan fingerprint density at radius 2 is 1.83 bits per heavy atom. The van der Waals surface area contributed by atoms with E-state index in [-0.39, 0.29) is 42.4 Å². The van der Waals surface area contributed by atoms with Gasteiger partial charge in [0.05, 0.1) is 24.0 Å². The molecule has 1 aliphatic heterocycles. The van der Waals surface area contributed by atoms with Gasteiger partial charge in [0.1, 0.15) is 5.82 Å². The van der Waals surface area contributed by atoms with Crippen molar-refractivity contribution < 1.29 is 17.5 Å². The number of benzene rings is 1. The number of sulfone groups is 1. The van der Waals surface area contributed by atoms with Crippen molar-refractivity contribution in [3.63, 3.8) is 0 Å². The first kappa shape index (κ1) is 26.1. The fraction of sp³-hybridized carbons (Fsp3) is 0.632. The summed E-state index contributed by atoms with van der Waals surface area (Å²) < 4.78 is 41.7. The Morgan fingerprint density at radius 1 is 1.24 bits per heavy atom. The van der Waals surface area contributed by atoms with Crippen molar-refractivity contribution in [2.24, 2.45) is 4.99 Å². The zero-order chi connectivity index (χ0) is 20.8. The molecule has 1 aromatic carbocycles. The van der Waals surface area contributed by atoms with Gasteiger partial charge in [-0.25, -0.2) is 12.8 Å². The Bertz CT molecular complexity index is 766. The smallest absolute Gasteiger partial charge is 0.191 e. The van der Waals surface area contributed by atoms with E-state index in [1.165, 1.54) is 18.4 Å². The van der Waals surface area contributed by atoms with Crippen LogP contribution in [0.2, 0.25) is 0 Å². The van der Waals surface area contributed by atoms with Gasteiger partial charge in [0, 0.05) is 39.5 Å². The third-order valence-corrected chi connectivity index (χ3v) is 7.26. The van der Waals surface area contributed by atoms with Gasteiger partial charge in [-0.15, -0.1) is 24.0 Å². The second-order valence-electron chi connectivity index (χ2n) is 7.55. The van der Waals surface area contributed by atoms with Crippen LogP contribution < -0.4 is 10.6 Å². The highest BCUT2D eigenvalue weighted by atomic mass is 127. The average Bonchev–Trinajstić information content (AvgIpc) is 2.65. The topological polar surface area (TPSA) is 83.0 Å². The highest BCUT2D eigenvalue weighted by Gasteiger charge is 2.30. The molecule has 1 aliphatic rings. The number of morpholine rings is 1. The molecule has 1 saturated heterocycles. The van der Waals surface area contributed by atoms with Gasteiger partial charge < -0.3 is 15.4 Å². The lowest BCUT2D eigenvalue weighted by Gasteiger charge is -2.35. The molecule has 7 nitrogen and oxygen atoms in total. The molecule has 0 aliphatic carbocycles. The molecule has 1 aromatic rings. The molecule has 0 saturated carbocycles. The van der Waals surface area contributed by atoms with E-state index in [1.54, 1.807) is 33.0 Å². The van der Waals surface area contributed by atoms with Gasteiger partial charge in [-0.05, 0) is 31.5 Å². The van der Waals surface area contributed by atoms with Gasteiger partial charge in [-0.2, -0.15) is 0 Å². The number of nitrogens with zero attached hydrogens (tertiary/aromatic N) is 2. The molecule has 0 amide bonds. The van der Waals surface area contributed by atoms with Crippen LogP contribution in [0.15, 0.2) is 29.3 Å². The number of rotatable bonds is 7. The number of hydrogen-bond acceptors (Lipinski definition) is 5. The van der Waals surface area contributed by atoms with Crippen molar-refractivity contribution in [3.05, 3.63) is 35.6 Å². The molecule has 1 fully saturated rings. The van der Waals surface area contributed by atoms with Gasteiger partial charge in [0.15, 0.2) is 15.8 Å². The molecular formula is C19H32FIN4O3S. The van der Waals surface area contributed by atoms with E-state index in [9.17, 15) is 12.8 Å². The fourth-order valence-electron chi connectivity index (χ4n) is 2.87. The summed E-state index contributed by atoms with van der Waals surface area (Å²) in [5, 5.41) is 6.36. The predicted octanol–water partition coefficient (Wildman–Crippen LogP) is 1.81. The van der Waals surface area contributed by atoms with E-state index in [0.717, 1.165) is 18.7 Å². The van der Waals surface area contributed by atoms with Crippen LogP contribution in [-0.2, 0) is 14.6 Å². The molecular weight excluding hydrogens is 510 g/mol. The maximum Gasteiger partial charge on any atom is 0.191 e. The molecule has 2 rings (SSSR count).